The van der Waals surface area contributed by atoms with Crippen molar-refractivity contribution in [2.45, 2.75) is 30.8 Å². The van der Waals surface area contributed by atoms with Gasteiger partial charge in [-0.1, -0.05) is 0 Å². The van der Waals surface area contributed by atoms with Crippen molar-refractivity contribution in [3.05, 3.63) is 40.7 Å². The Morgan fingerprint density at radius 1 is 1.20 bits per heavy atom. The van der Waals surface area contributed by atoms with Gasteiger partial charge in [-0.3, -0.25) is 0 Å². The zero-order chi connectivity index (χ0) is 14.9. The van der Waals surface area contributed by atoms with Gasteiger partial charge in [0.15, 0.2) is 5.16 Å². The molecule has 0 aliphatic rings. The standard InChI is InChI=1S/C14H15N3O2S/c1-7-8(2)16-14(17-9(7)3)20-12-5-4-10(15)6-11(12)13(18)19/h4-6H,15H2,1-3H3,(H,18,19). The first-order valence-corrected chi connectivity index (χ1v) is 6.82. The number of hydrogen-bond acceptors (Lipinski definition) is 5. The lowest BCUT2D eigenvalue weighted by molar-refractivity contribution is 0.0693. The second-order valence-corrected chi connectivity index (χ2v) is 5.47. The van der Waals surface area contributed by atoms with Crippen molar-refractivity contribution in [1.82, 2.24) is 9.97 Å². The number of rotatable bonds is 3. The maximum atomic E-state index is 11.2. The van der Waals surface area contributed by atoms with Crippen LogP contribution < -0.4 is 5.73 Å². The average Bonchev–Trinajstić information content (AvgIpc) is 2.37. The highest BCUT2D eigenvalue weighted by Crippen LogP contribution is 2.30. The van der Waals surface area contributed by atoms with Gasteiger partial charge in [-0.25, -0.2) is 14.8 Å². The number of nitrogens with two attached hydrogens (primary N) is 1. The molecule has 0 aliphatic heterocycles. The van der Waals surface area contributed by atoms with Gasteiger partial charge in [-0.15, -0.1) is 0 Å². The van der Waals surface area contributed by atoms with Crippen LogP contribution in [-0.4, -0.2) is 21.0 Å². The summed E-state index contributed by atoms with van der Waals surface area (Å²) in [5.41, 5.74) is 9.04. The summed E-state index contributed by atoms with van der Waals surface area (Å²) in [5, 5.41) is 9.75. The van der Waals surface area contributed by atoms with Crippen LogP contribution in [0.25, 0.3) is 0 Å². The molecular formula is C14H15N3O2S. The zero-order valence-corrected chi connectivity index (χ0v) is 12.3. The van der Waals surface area contributed by atoms with Gasteiger partial charge >= 0.3 is 5.97 Å². The Bertz CT molecular complexity index is 663. The van der Waals surface area contributed by atoms with Gasteiger partial charge in [-0.2, -0.15) is 0 Å². The summed E-state index contributed by atoms with van der Waals surface area (Å²) in [6.45, 7) is 5.79. The highest BCUT2D eigenvalue weighted by molar-refractivity contribution is 7.99. The van der Waals surface area contributed by atoms with Crippen molar-refractivity contribution in [3.63, 3.8) is 0 Å². The first-order valence-electron chi connectivity index (χ1n) is 6.01. The van der Waals surface area contributed by atoms with Crippen LogP contribution in [0.3, 0.4) is 0 Å². The van der Waals surface area contributed by atoms with Crippen molar-refractivity contribution in [2.75, 3.05) is 5.73 Å². The molecule has 0 atom stereocenters. The van der Waals surface area contributed by atoms with E-state index in [1.807, 2.05) is 20.8 Å². The van der Waals surface area contributed by atoms with E-state index in [2.05, 4.69) is 9.97 Å². The second kappa shape index (κ2) is 5.50. The normalized spacial score (nSPS) is 10.6. The molecule has 1 heterocycles. The highest BCUT2D eigenvalue weighted by atomic mass is 32.2. The fraction of sp³-hybridized carbons (Fsp3) is 0.214. The van der Waals surface area contributed by atoms with E-state index in [-0.39, 0.29) is 5.56 Å². The molecule has 3 N–H and O–H groups in total. The first kappa shape index (κ1) is 14.3. The van der Waals surface area contributed by atoms with Gasteiger partial charge in [0, 0.05) is 22.0 Å². The third-order valence-corrected chi connectivity index (χ3v) is 3.99. The van der Waals surface area contributed by atoms with E-state index in [0.717, 1.165) is 17.0 Å². The molecule has 0 fully saturated rings. The van der Waals surface area contributed by atoms with Gasteiger partial charge in [0.1, 0.15) is 0 Å². The van der Waals surface area contributed by atoms with E-state index < -0.39 is 5.97 Å². The SMILES string of the molecule is Cc1nc(Sc2ccc(N)cc2C(=O)O)nc(C)c1C. The number of hydrogen-bond donors (Lipinski definition) is 2. The fourth-order valence-electron chi connectivity index (χ4n) is 1.69. The number of benzene rings is 1. The van der Waals surface area contributed by atoms with Crippen molar-refractivity contribution in [3.8, 4) is 0 Å². The molecule has 1 aromatic heterocycles. The molecular weight excluding hydrogens is 274 g/mol. The molecule has 0 radical (unpaired) electrons. The molecule has 0 unspecified atom stereocenters. The van der Waals surface area contributed by atoms with E-state index in [1.165, 1.54) is 17.8 Å². The van der Waals surface area contributed by atoms with E-state index in [1.54, 1.807) is 12.1 Å². The third kappa shape index (κ3) is 2.91. The van der Waals surface area contributed by atoms with Crippen LogP contribution in [0.2, 0.25) is 0 Å². The molecule has 1 aromatic carbocycles. The monoisotopic (exact) mass is 289 g/mol. The molecule has 2 rings (SSSR count). The minimum absolute atomic E-state index is 0.162. The zero-order valence-electron chi connectivity index (χ0n) is 11.5. The van der Waals surface area contributed by atoms with Crippen LogP contribution in [0, 0.1) is 20.8 Å². The molecule has 5 nitrogen and oxygen atoms in total. The number of carboxylic acids is 1. The number of aryl methyl sites for hydroxylation is 2. The molecule has 6 heteroatoms. The summed E-state index contributed by atoms with van der Waals surface area (Å²) in [7, 11) is 0. The Kier molecular flexibility index (Phi) is 3.94. The Morgan fingerprint density at radius 2 is 1.80 bits per heavy atom. The Balaban J connectivity index is 2.42. The smallest absolute Gasteiger partial charge is 0.336 e. The highest BCUT2D eigenvalue weighted by Gasteiger charge is 2.14. The summed E-state index contributed by atoms with van der Waals surface area (Å²) in [6.07, 6.45) is 0. The lowest BCUT2D eigenvalue weighted by Crippen LogP contribution is -2.02. The lowest BCUT2D eigenvalue weighted by atomic mass is 10.2. The van der Waals surface area contributed by atoms with Gasteiger partial charge in [-0.05, 0) is 56.3 Å². The molecule has 2 aromatic rings. The number of aromatic nitrogens is 2. The number of nitrogens with zero attached hydrogens (tertiary/aromatic N) is 2. The first-order chi connectivity index (χ1) is 9.38. The molecule has 104 valence electrons. The van der Waals surface area contributed by atoms with Gasteiger partial charge in [0.2, 0.25) is 0 Å². The molecule has 0 aliphatic carbocycles. The molecule has 0 saturated carbocycles. The molecule has 0 amide bonds. The Labute approximate surface area is 121 Å². The topological polar surface area (TPSA) is 89.1 Å². The van der Waals surface area contributed by atoms with Crippen LogP contribution >= 0.6 is 11.8 Å². The molecule has 0 spiro atoms. The maximum Gasteiger partial charge on any atom is 0.336 e. The quantitative estimate of drug-likeness (QED) is 0.667. The summed E-state index contributed by atoms with van der Waals surface area (Å²) in [5.74, 6) is -1.01. The van der Waals surface area contributed by atoms with E-state index >= 15 is 0 Å². The van der Waals surface area contributed by atoms with Crippen molar-refractivity contribution < 1.29 is 9.90 Å². The van der Waals surface area contributed by atoms with E-state index in [4.69, 9.17) is 5.73 Å². The minimum atomic E-state index is -1.01. The van der Waals surface area contributed by atoms with E-state index in [0.29, 0.717) is 15.7 Å². The van der Waals surface area contributed by atoms with Crippen molar-refractivity contribution >= 4 is 23.4 Å². The van der Waals surface area contributed by atoms with Crippen LogP contribution in [0.15, 0.2) is 28.3 Å². The number of carbonyl (C=O) groups is 1. The summed E-state index contributed by atoms with van der Waals surface area (Å²) in [4.78, 5) is 20.6. The van der Waals surface area contributed by atoms with Gasteiger partial charge in [0.25, 0.3) is 0 Å². The van der Waals surface area contributed by atoms with Gasteiger partial charge in [0.05, 0.1) is 5.56 Å². The summed E-state index contributed by atoms with van der Waals surface area (Å²) >= 11 is 1.23. The van der Waals surface area contributed by atoms with Crippen molar-refractivity contribution in [1.29, 1.82) is 0 Å². The average molecular weight is 289 g/mol. The summed E-state index contributed by atoms with van der Waals surface area (Å²) < 4.78 is 0. The molecule has 0 saturated heterocycles. The number of nitrogen functional groups attached to an aromatic ring is 1. The summed E-state index contributed by atoms with van der Waals surface area (Å²) in [6, 6.07) is 4.79. The van der Waals surface area contributed by atoms with E-state index in [9.17, 15) is 9.90 Å². The van der Waals surface area contributed by atoms with Crippen LogP contribution in [0.1, 0.15) is 27.3 Å². The molecule has 0 bridgehead atoms. The Hall–Kier alpha value is -2.08. The largest absolute Gasteiger partial charge is 0.478 e. The van der Waals surface area contributed by atoms with Crippen LogP contribution in [0.5, 0.6) is 0 Å². The Morgan fingerprint density at radius 3 is 2.35 bits per heavy atom. The van der Waals surface area contributed by atoms with Crippen molar-refractivity contribution in [2.24, 2.45) is 0 Å². The maximum absolute atomic E-state index is 11.2. The number of carboxylic acid groups (broad SMARTS) is 1. The van der Waals surface area contributed by atoms with Crippen LogP contribution in [-0.2, 0) is 0 Å². The van der Waals surface area contributed by atoms with Crippen LogP contribution in [0.4, 0.5) is 5.69 Å². The lowest BCUT2D eigenvalue weighted by Gasteiger charge is -2.09. The third-order valence-electron chi connectivity index (χ3n) is 3.05. The number of aromatic carboxylic acids is 1. The second-order valence-electron chi connectivity index (χ2n) is 4.46. The number of anilines is 1. The predicted molar refractivity (Wildman–Crippen MR) is 78.2 cm³/mol. The minimum Gasteiger partial charge on any atom is -0.478 e. The molecule has 20 heavy (non-hydrogen) atoms. The predicted octanol–water partition coefficient (Wildman–Crippen LogP) is 2.83. The fourth-order valence-corrected chi connectivity index (χ4v) is 2.64. The van der Waals surface area contributed by atoms with Gasteiger partial charge < -0.3 is 10.8 Å².